The zero-order chi connectivity index (χ0) is 10.9. The van der Waals surface area contributed by atoms with Crippen LogP contribution in [0.1, 0.15) is 12.8 Å². The van der Waals surface area contributed by atoms with Crippen LogP contribution in [0.2, 0.25) is 0 Å². The summed E-state index contributed by atoms with van der Waals surface area (Å²) in [5.74, 6) is 0. The summed E-state index contributed by atoms with van der Waals surface area (Å²) in [7, 11) is -3.41. The first-order valence-corrected chi connectivity index (χ1v) is 7.22. The Kier molecular flexibility index (Phi) is 2.87. The number of nitrogens with one attached hydrogen (secondary N) is 2. The van der Waals surface area contributed by atoms with Gasteiger partial charge < -0.3 is 4.98 Å². The van der Waals surface area contributed by atoms with Crippen LogP contribution in [0.5, 0.6) is 0 Å². The lowest BCUT2D eigenvalue weighted by Gasteiger charge is -2.11. The minimum atomic E-state index is -3.41. The van der Waals surface area contributed by atoms with E-state index in [0.29, 0.717) is 6.54 Å². The largest absolute Gasteiger partial charge is 0.335 e. The van der Waals surface area contributed by atoms with E-state index >= 15 is 0 Å². The summed E-state index contributed by atoms with van der Waals surface area (Å²) >= 11 is 3.39. The number of rotatable bonds is 5. The molecule has 0 aliphatic heterocycles. The second kappa shape index (κ2) is 3.88. The number of H-pyrrole nitrogens is 1. The van der Waals surface area contributed by atoms with Crippen LogP contribution in [0.25, 0.3) is 0 Å². The topological polar surface area (TPSA) is 74.8 Å². The average Bonchev–Trinajstić information content (AvgIpc) is 2.77. The van der Waals surface area contributed by atoms with E-state index in [4.69, 9.17) is 0 Å². The molecular formula is C8H12BrN3O2S. The van der Waals surface area contributed by atoms with Crippen LogP contribution in [0.3, 0.4) is 0 Å². The van der Waals surface area contributed by atoms with Gasteiger partial charge in [-0.15, -0.1) is 0 Å². The summed E-state index contributed by atoms with van der Waals surface area (Å²) in [4.78, 5) is 6.26. The van der Waals surface area contributed by atoms with Gasteiger partial charge in [-0.2, -0.15) is 0 Å². The lowest BCUT2D eigenvalue weighted by atomic mass is 10.1. The third-order valence-electron chi connectivity index (χ3n) is 2.64. The number of sulfonamides is 1. The number of imidazole rings is 1. The second-order valence-corrected chi connectivity index (χ2v) is 6.17. The van der Waals surface area contributed by atoms with Gasteiger partial charge in [0.2, 0.25) is 0 Å². The molecule has 1 aliphatic rings. The molecule has 2 N–H and O–H groups in total. The highest BCUT2D eigenvalue weighted by molar-refractivity contribution is 9.09. The Morgan fingerprint density at radius 3 is 2.80 bits per heavy atom. The Morgan fingerprint density at radius 2 is 2.33 bits per heavy atom. The molecular weight excluding hydrogens is 282 g/mol. The molecule has 0 bridgehead atoms. The Balaban J connectivity index is 2.00. The molecule has 0 atom stereocenters. The monoisotopic (exact) mass is 293 g/mol. The molecule has 15 heavy (non-hydrogen) atoms. The first-order chi connectivity index (χ1) is 7.08. The SMILES string of the molecule is O=S(=O)(NCC1(CBr)CC1)c1cnc[nH]1. The van der Waals surface area contributed by atoms with E-state index in [1.54, 1.807) is 0 Å². The number of hydrogen-bond acceptors (Lipinski definition) is 3. The maximum atomic E-state index is 11.7. The molecule has 2 rings (SSSR count). The third-order valence-corrected chi connectivity index (χ3v) is 5.16. The highest BCUT2D eigenvalue weighted by Gasteiger charge is 2.42. The molecule has 0 unspecified atom stereocenters. The zero-order valence-electron chi connectivity index (χ0n) is 8.03. The van der Waals surface area contributed by atoms with Gasteiger partial charge in [0.1, 0.15) is 0 Å². The number of nitrogens with zero attached hydrogens (tertiary/aromatic N) is 1. The van der Waals surface area contributed by atoms with Gasteiger partial charge in [0.25, 0.3) is 10.0 Å². The van der Waals surface area contributed by atoms with Crippen LogP contribution in [-0.4, -0.2) is 30.3 Å². The minimum absolute atomic E-state index is 0.118. The Morgan fingerprint density at radius 1 is 1.60 bits per heavy atom. The van der Waals surface area contributed by atoms with E-state index < -0.39 is 10.0 Å². The van der Waals surface area contributed by atoms with Gasteiger partial charge in [0, 0.05) is 11.9 Å². The van der Waals surface area contributed by atoms with Crippen molar-refractivity contribution >= 4 is 26.0 Å². The van der Waals surface area contributed by atoms with Crippen molar-refractivity contribution in [3.63, 3.8) is 0 Å². The van der Waals surface area contributed by atoms with Crippen LogP contribution in [0.15, 0.2) is 17.6 Å². The Labute approximate surface area is 96.9 Å². The standard InChI is InChI=1S/C8H12BrN3O2S/c9-4-8(1-2-8)5-12-15(13,14)7-3-10-6-11-7/h3,6,12H,1-2,4-5H2,(H,10,11). The first kappa shape index (κ1) is 11.1. The number of aromatic nitrogens is 2. The predicted octanol–water partition coefficient (Wildman–Crippen LogP) is 0.863. The quantitative estimate of drug-likeness (QED) is 0.791. The first-order valence-electron chi connectivity index (χ1n) is 4.62. The van der Waals surface area contributed by atoms with Crippen molar-refractivity contribution in [2.45, 2.75) is 17.9 Å². The van der Waals surface area contributed by atoms with Gasteiger partial charge in [-0.25, -0.2) is 18.1 Å². The van der Waals surface area contributed by atoms with E-state index in [9.17, 15) is 8.42 Å². The van der Waals surface area contributed by atoms with Crippen LogP contribution in [-0.2, 0) is 10.0 Å². The molecule has 1 aliphatic carbocycles. The lowest BCUT2D eigenvalue weighted by Crippen LogP contribution is -2.31. The summed E-state index contributed by atoms with van der Waals surface area (Å²) in [5, 5.41) is 0.957. The van der Waals surface area contributed by atoms with Crippen molar-refractivity contribution in [2.24, 2.45) is 5.41 Å². The molecule has 1 aromatic rings. The van der Waals surface area contributed by atoms with E-state index in [1.807, 2.05) is 0 Å². The van der Waals surface area contributed by atoms with Gasteiger partial charge in [-0.1, -0.05) is 15.9 Å². The van der Waals surface area contributed by atoms with Gasteiger partial charge >= 0.3 is 0 Å². The van der Waals surface area contributed by atoms with Crippen LogP contribution in [0, 0.1) is 5.41 Å². The second-order valence-electron chi connectivity index (χ2n) is 3.87. The van der Waals surface area contributed by atoms with Crippen molar-refractivity contribution in [3.8, 4) is 0 Å². The highest BCUT2D eigenvalue weighted by Crippen LogP contribution is 2.46. The molecule has 5 nitrogen and oxygen atoms in total. The normalized spacial score (nSPS) is 19.0. The fourth-order valence-corrected chi connectivity index (χ4v) is 3.07. The lowest BCUT2D eigenvalue weighted by molar-refractivity contribution is 0.536. The number of halogens is 1. The fraction of sp³-hybridized carbons (Fsp3) is 0.625. The van der Waals surface area contributed by atoms with E-state index in [2.05, 4.69) is 30.6 Å². The van der Waals surface area contributed by atoms with Gasteiger partial charge in [-0.05, 0) is 18.3 Å². The molecule has 0 amide bonds. The van der Waals surface area contributed by atoms with Crippen LogP contribution in [0.4, 0.5) is 0 Å². The number of aromatic amines is 1. The maximum Gasteiger partial charge on any atom is 0.257 e. The third kappa shape index (κ3) is 2.40. The average molecular weight is 294 g/mol. The van der Waals surface area contributed by atoms with E-state index in [0.717, 1.165) is 18.2 Å². The number of alkyl halides is 1. The summed E-state index contributed by atoms with van der Waals surface area (Å²) in [5.41, 5.74) is 0.132. The molecule has 1 heterocycles. The van der Waals surface area contributed by atoms with Crippen LogP contribution < -0.4 is 4.72 Å². The zero-order valence-corrected chi connectivity index (χ0v) is 10.4. The van der Waals surface area contributed by atoms with Crippen molar-refractivity contribution in [2.75, 3.05) is 11.9 Å². The molecule has 1 fully saturated rings. The van der Waals surface area contributed by atoms with Crippen molar-refractivity contribution in [1.82, 2.24) is 14.7 Å². The highest BCUT2D eigenvalue weighted by atomic mass is 79.9. The Hall–Kier alpha value is -0.400. The predicted molar refractivity (Wildman–Crippen MR) is 59.2 cm³/mol. The summed E-state index contributed by atoms with van der Waals surface area (Å²) < 4.78 is 26.0. The molecule has 1 saturated carbocycles. The smallest absolute Gasteiger partial charge is 0.257 e. The van der Waals surface area contributed by atoms with Gasteiger partial charge in [0.15, 0.2) is 5.03 Å². The van der Waals surface area contributed by atoms with Crippen molar-refractivity contribution in [3.05, 3.63) is 12.5 Å². The molecule has 84 valence electrons. The molecule has 0 saturated heterocycles. The van der Waals surface area contributed by atoms with E-state index in [-0.39, 0.29) is 10.4 Å². The maximum absolute atomic E-state index is 11.7. The summed E-state index contributed by atoms with van der Waals surface area (Å²) in [6.07, 6.45) is 4.80. The summed E-state index contributed by atoms with van der Waals surface area (Å²) in [6.45, 7) is 0.486. The molecule has 0 radical (unpaired) electrons. The number of hydrogen-bond donors (Lipinski definition) is 2. The summed E-state index contributed by atoms with van der Waals surface area (Å²) in [6, 6.07) is 0. The molecule has 7 heteroatoms. The van der Waals surface area contributed by atoms with E-state index in [1.165, 1.54) is 12.5 Å². The minimum Gasteiger partial charge on any atom is -0.335 e. The Bertz CT molecular complexity index is 425. The molecule has 1 aromatic heterocycles. The van der Waals surface area contributed by atoms with Crippen molar-refractivity contribution < 1.29 is 8.42 Å². The van der Waals surface area contributed by atoms with Crippen molar-refractivity contribution in [1.29, 1.82) is 0 Å². The van der Waals surface area contributed by atoms with Gasteiger partial charge in [0.05, 0.1) is 12.5 Å². The molecule has 0 spiro atoms. The molecule has 0 aromatic carbocycles. The van der Waals surface area contributed by atoms with Crippen LogP contribution >= 0.6 is 15.9 Å². The fourth-order valence-electron chi connectivity index (χ4n) is 1.25. The van der Waals surface area contributed by atoms with Gasteiger partial charge in [-0.3, -0.25) is 0 Å².